The number of benzene rings is 3. The number of rotatable bonds is 9. The number of piperidine rings is 2. The van der Waals surface area contributed by atoms with Crippen molar-refractivity contribution in [3.05, 3.63) is 90.3 Å². The highest BCUT2D eigenvalue weighted by molar-refractivity contribution is 6.08. The third-order valence-electron chi connectivity index (χ3n) is 10.6. The summed E-state index contributed by atoms with van der Waals surface area (Å²) in [5, 5.41) is 8.04. The Bertz CT molecular complexity index is 2190. The molecule has 0 spiro atoms. The van der Waals surface area contributed by atoms with Crippen molar-refractivity contribution in [2.45, 2.75) is 50.7 Å². The molecular formula is C39H39N9O5. The fourth-order valence-electron chi connectivity index (χ4n) is 7.54. The SMILES string of the molecule is Cc1ccc(N2CC(N3CCC(n4nc(-c5ccc(Oc6ccccc6)cc5)c5c(N)ncnc54)CC3)C2)cc1C(=O)N(C=O)C1CCC(=O)NC1=O. The first kappa shape index (κ1) is 34.0. The van der Waals surface area contributed by atoms with Crippen LogP contribution < -0.4 is 20.7 Å². The molecule has 14 nitrogen and oxygen atoms in total. The fraction of sp³-hybridized carbons (Fsp3) is 0.308. The van der Waals surface area contributed by atoms with Gasteiger partial charge in [0.2, 0.25) is 18.2 Å². The molecule has 14 heteroatoms. The maximum Gasteiger partial charge on any atom is 0.261 e. The summed E-state index contributed by atoms with van der Waals surface area (Å²) < 4.78 is 8.00. The molecule has 3 aromatic carbocycles. The standard InChI is InChI=1S/C39H39N9O5/c1-24-7-10-27(19-31(24)39(52)47(23-49)32-13-14-33(50)43-38(32)51)46-20-28(21-46)45-17-15-26(16-18-45)48-37-34(36(40)41-22-42-37)35(44-48)25-8-11-30(12-9-25)53-29-5-3-2-4-6-29/h2-12,19,22-23,26,28,32H,13-18,20-21H2,1H3,(H2,40,41,42)(H,43,50,51). The van der Waals surface area contributed by atoms with Crippen LogP contribution in [0.15, 0.2) is 79.1 Å². The van der Waals surface area contributed by atoms with Gasteiger partial charge in [-0.25, -0.2) is 14.6 Å². The summed E-state index contributed by atoms with van der Waals surface area (Å²) in [6.45, 7) is 5.19. The average Bonchev–Trinajstić information content (AvgIpc) is 3.55. The Hall–Kier alpha value is -6.15. The Morgan fingerprint density at radius 2 is 1.68 bits per heavy atom. The number of hydrogen-bond acceptors (Lipinski definition) is 11. The molecule has 5 heterocycles. The van der Waals surface area contributed by atoms with Crippen molar-refractivity contribution in [2.24, 2.45) is 0 Å². The summed E-state index contributed by atoms with van der Waals surface area (Å²) in [4.78, 5) is 64.0. The van der Waals surface area contributed by atoms with E-state index in [1.54, 1.807) is 13.0 Å². The van der Waals surface area contributed by atoms with Crippen LogP contribution in [0.1, 0.15) is 47.6 Å². The molecule has 53 heavy (non-hydrogen) atoms. The molecule has 4 amide bonds. The zero-order valence-electron chi connectivity index (χ0n) is 29.2. The van der Waals surface area contributed by atoms with Crippen LogP contribution in [-0.2, 0) is 14.4 Å². The maximum absolute atomic E-state index is 13.5. The van der Waals surface area contributed by atoms with E-state index in [1.807, 2.05) is 71.4 Å². The second-order valence-electron chi connectivity index (χ2n) is 13.8. The molecule has 8 rings (SSSR count). The highest BCUT2D eigenvalue weighted by Crippen LogP contribution is 2.36. The first-order valence-electron chi connectivity index (χ1n) is 17.8. The van der Waals surface area contributed by atoms with Crippen molar-refractivity contribution in [3.63, 3.8) is 0 Å². The fourth-order valence-corrected chi connectivity index (χ4v) is 7.54. The average molecular weight is 714 g/mol. The van der Waals surface area contributed by atoms with Gasteiger partial charge in [0, 0.05) is 55.5 Å². The Morgan fingerprint density at radius 1 is 0.943 bits per heavy atom. The highest BCUT2D eigenvalue weighted by atomic mass is 16.5. The first-order chi connectivity index (χ1) is 25.8. The summed E-state index contributed by atoms with van der Waals surface area (Å²) in [5.41, 5.74) is 10.7. The molecular weight excluding hydrogens is 674 g/mol. The van der Waals surface area contributed by atoms with Crippen LogP contribution in [-0.4, -0.2) is 91.9 Å². The van der Waals surface area contributed by atoms with Crippen molar-refractivity contribution < 1.29 is 23.9 Å². The van der Waals surface area contributed by atoms with E-state index >= 15 is 0 Å². The molecule has 3 fully saturated rings. The van der Waals surface area contributed by atoms with Gasteiger partial charge in [-0.1, -0.05) is 24.3 Å². The molecule has 270 valence electrons. The minimum Gasteiger partial charge on any atom is -0.457 e. The lowest BCUT2D eigenvalue weighted by atomic mass is 9.97. The van der Waals surface area contributed by atoms with Crippen LogP contribution in [0, 0.1) is 6.92 Å². The second kappa shape index (κ2) is 14.1. The molecule has 3 aliphatic heterocycles. The molecule has 0 radical (unpaired) electrons. The number of amides is 4. The molecule has 3 saturated heterocycles. The smallest absolute Gasteiger partial charge is 0.261 e. The maximum atomic E-state index is 13.5. The monoisotopic (exact) mass is 713 g/mol. The van der Waals surface area contributed by atoms with Gasteiger partial charge in [-0.05, 0) is 80.3 Å². The molecule has 3 aliphatic rings. The summed E-state index contributed by atoms with van der Waals surface area (Å²) in [6, 6.07) is 22.5. The van der Waals surface area contributed by atoms with Gasteiger partial charge >= 0.3 is 0 Å². The normalized spacial score (nSPS) is 18.4. The number of fused-ring (bicyclic) bond motifs is 1. The van der Waals surface area contributed by atoms with Crippen molar-refractivity contribution in [1.29, 1.82) is 0 Å². The minimum absolute atomic E-state index is 0.0719. The van der Waals surface area contributed by atoms with Gasteiger partial charge in [-0.15, -0.1) is 0 Å². The van der Waals surface area contributed by atoms with Crippen LogP contribution in [0.5, 0.6) is 11.5 Å². The van der Waals surface area contributed by atoms with Gasteiger partial charge in [0.25, 0.3) is 5.91 Å². The Morgan fingerprint density at radius 3 is 2.40 bits per heavy atom. The van der Waals surface area contributed by atoms with E-state index in [2.05, 4.69) is 25.1 Å². The third-order valence-corrected chi connectivity index (χ3v) is 10.6. The Balaban J connectivity index is 0.917. The number of nitrogens with zero attached hydrogens (tertiary/aromatic N) is 7. The summed E-state index contributed by atoms with van der Waals surface area (Å²) in [5.74, 6) is 0.285. The molecule has 3 N–H and O–H groups in total. The molecule has 1 atom stereocenters. The number of imide groups is 2. The Labute approximate surface area is 305 Å². The van der Waals surface area contributed by atoms with Gasteiger partial charge in [0.05, 0.1) is 11.4 Å². The number of carbonyl (C=O) groups is 4. The number of nitrogen functional groups attached to an aromatic ring is 1. The van der Waals surface area contributed by atoms with E-state index in [1.165, 1.54) is 6.33 Å². The predicted octanol–water partition coefficient (Wildman–Crippen LogP) is 4.11. The van der Waals surface area contributed by atoms with Gasteiger partial charge < -0.3 is 15.4 Å². The zero-order valence-corrected chi connectivity index (χ0v) is 29.2. The van der Waals surface area contributed by atoms with Gasteiger partial charge in [0.1, 0.15) is 35.4 Å². The van der Waals surface area contributed by atoms with Crippen LogP contribution >= 0.6 is 0 Å². The first-order valence-corrected chi connectivity index (χ1v) is 17.8. The number of carbonyl (C=O) groups excluding carboxylic acids is 4. The molecule has 0 saturated carbocycles. The quantitative estimate of drug-likeness (QED) is 0.167. The number of likely N-dealkylation sites (tertiary alicyclic amines) is 1. The number of aryl methyl sites for hydroxylation is 1. The van der Waals surface area contributed by atoms with Gasteiger partial charge in [0.15, 0.2) is 5.65 Å². The highest BCUT2D eigenvalue weighted by Gasteiger charge is 2.38. The zero-order chi connectivity index (χ0) is 36.6. The van der Waals surface area contributed by atoms with Gasteiger partial charge in [-0.2, -0.15) is 5.10 Å². The van der Waals surface area contributed by atoms with E-state index in [4.69, 9.17) is 15.6 Å². The van der Waals surface area contributed by atoms with Crippen LogP contribution in [0.25, 0.3) is 22.3 Å². The largest absolute Gasteiger partial charge is 0.457 e. The number of ether oxygens (including phenoxy) is 1. The molecule has 5 aromatic rings. The lowest BCUT2D eigenvalue weighted by Gasteiger charge is -2.48. The molecule has 1 unspecified atom stereocenters. The van der Waals surface area contributed by atoms with Crippen molar-refractivity contribution in [1.82, 2.24) is 34.9 Å². The van der Waals surface area contributed by atoms with Crippen LogP contribution in [0.2, 0.25) is 0 Å². The topological polar surface area (TPSA) is 169 Å². The predicted molar refractivity (Wildman–Crippen MR) is 197 cm³/mol. The number of hydrogen-bond donors (Lipinski definition) is 2. The van der Waals surface area contributed by atoms with E-state index < -0.39 is 23.8 Å². The lowest BCUT2D eigenvalue weighted by molar-refractivity contribution is -0.139. The number of para-hydroxylation sites is 1. The number of anilines is 2. The van der Waals surface area contributed by atoms with E-state index in [-0.39, 0.29) is 18.9 Å². The van der Waals surface area contributed by atoms with Crippen molar-refractivity contribution >= 4 is 46.7 Å². The summed E-state index contributed by atoms with van der Waals surface area (Å²) >= 11 is 0. The number of aromatic nitrogens is 4. The number of nitrogens with two attached hydrogens (primary N) is 1. The molecule has 0 aliphatic carbocycles. The van der Waals surface area contributed by atoms with Gasteiger partial charge in [-0.3, -0.25) is 34.3 Å². The van der Waals surface area contributed by atoms with Crippen LogP contribution in [0.4, 0.5) is 11.5 Å². The molecule has 2 aromatic heterocycles. The summed E-state index contributed by atoms with van der Waals surface area (Å²) in [6.07, 6.45) is 3.84. The Kier molecular flexibility index (Phi) is 9.04. The van der Waals surface area contributed by atoms with E-state index in [0.29, 0.717) is 29.4 Å². The lowest BCUT2D eigenvalue weighted by Crippen LogP contribution is -2.61. The summed E-state index contributed by atoms with van der Waals surface area (Å²) in [7, 11) is 0. The van der Waals surface area contributed by atoms with Crippen molar-refractivity contribution in [2.75, 3.05) is 36.8 Å². The molecule has 0 bridgehead atoms. The minimum atomic E-state index is -1.01. The van der Waals surface area contributed by atoms with Crippen LogP contribution in [0.3, 0.4) is 0 Å². The van der Waals surface area contributed by atoms with E-state index in [9.17, 15) is 19.2 Å². The number of nitrogens with one attached hydrogen (secondary N) is 1. The third kappa shape index (κ3) is 6.57. The van der Waals surface area contributed by atoms with Crippen molar-refractivity contribution in [3.8, 4) is 22.8 Å². The van der Waals surface area contributed by atoms with E-state index in [0.717, 1.165) is 83.4 Å². The second-order valence-corrected chi connectivity index (χ2v) is 13.8.